The van der Waals surface area contributed by atoms with Gasteiger partial charge in [0.2, 0.25) is 29.9 Å². The van der Waals surface area contributed by atoms with Gasteiger partial charge in [-0.05, 0) is 165 Å². The minimum absolute atomic E-state index is 0.0190. The number of carboxylic acid groups (broad SMARTS) is 6. The highest BCUT2D eigenvalue weighted by atomic mass is 16.6. The van der Waals surface area contributed by atoms with Crippen LogP contribution in [0, 0.1) is 35.5 Å². The van der Waals surface area contributed by atoms with Crippen molar-refractivity contribution in [2.24, 2.45) is 35.5 Å². The molecule has 2 fully saturated rings. The average molecular weight is 1820 g/mol. The van der Waals surface area contributed by atoms with E-state index >= 15 is 0 Å². The number of hydrogen-bond donors (Lipinski definition) is 12. The molecule has 2 saturated carbocycles. The molecular formula is C94H94N6O32. The molecule has 9 atom stereocenters. The molecule has 38 nitrogen and oxygen atoms in total. The SMILES string of the molecule is CC(C(=O)O)C(C)C(=O)NCc1ccco1.O=C(O)[C@H]1CCCC[C@H]1C(=O)NCc1ccco1.O=C(O)[C@H]1CC[C@H](c2ccccc2)C[C@H]1C(=O)NCc1ccco1.O=C(O)c1ccccc1C(=O)NCc1ccco1.O=C(O)c1ccccc1C(=O)NCc1ccco1.O=C(OC(C(=O)O)C(OC(=O)c1ccccc1)C(=O)NCc1ccco1)c1ccccc1.O=C=O.O=C=O. The predicted octanol–water partition coefficient (Wildman–Crippen LogP) is 11.3. The summed E-state index contributed by atoms with van der Waals surface area (Å²) < 4.78 is 40.9. The number of nitrogens with one attached hydrogen (secondary N) is 6. The number of benzene rings is 5. The third-order valence-electron chi connectivity index (χ3n) is 19.9. The van der Waals surface area contributed by atoms with Gasteiger partial charge in [0.1, 0.15) is 34.6 Å². The Balaban J connectivity index is 0.000000245. The molecule has 38 heteroatoms. The number of carbonyl (C=O) groups is 14. The molecule has 0 spiro atoms. The fraction of sp³-hybridized carbons (Fsp3) is 0.255. The summed E-state index contributed by atoms with van der Waals surface area (Å²) in [5, 5.41) is 70.7. The number of ether oxygens (including phenoxy) is 2. The Morgan fingerprint density at radius 2 is 0.644 bits per heavy atom. The van der Waals surface area contributed by atoms with E-state index in [1.165, 1.54) is 86.1 Å². The summed E-state index contributed by atoms with van der Waals surface area (Å²) >= 11 is 0. The minimum Gasteiger partial charge on any atom is -0.481 e. The molecule has 0 aliphatic heterocycles. The third kappa shape index (κ3) is 35.2. The van der Waals surface area contributed by atoms with Gasteiger partial charge < -0.3 is 98.5 Å². The van der Waals surface area contributed by atoms with Crippen molar-refractivity contribution >= 4 is 95.5 Å². The van der Waals surface area contributed by atoms with Gasteiger partial charge in [0.25, 0.3) is 17.7 Å². The van der Waals surface area contributed by atoms with Gasteiger partial charge in [-0.1, -0.05) is 118 Å². The van der Waals surface area contributed by atoms with Crippen molar-refractivity contribution in [3.8, 4) is 0 Å². The first-order valence-electron chi connectivity index (χ1n) is 40.4. The number of aromatic carboxylic acids is 2. The molecular weight excluding hydrogens is 1730 g/mol. The van der Waals surface area contributed by atoms with E-state index in [-0.39, 0.29) is 102 Å². The first-order valence-corrected chi connectivity index (χ1v) is 40.4. The van der Waals surface area contributed by atoms with Crippen LogP contribution in [0.15, 0.2) is 276 Å². The van der Waals surface area contributed by atoms with E-state index in [1.54, 1.807) is 153 Å². The Morgan fingerprint density at radius 1 is 0.333 bits per heavy atom. The van der Waals surface area contributed by atoms with Crippen LogP contribution in [0.4, 0.5) is 0 Å². The van der Waals surface area contributed by atoms with Crippen LogP contribution in [-0.2, 0) is 106 Å². The van der Waals surface area contributed by atoms with Crippen LogP contribution in [-0.4, -0.2) is 138 Å². The quantitative estimate of drug-likeness (QED) is 0.0180. The average Bonchev–Trinajstić information content (AvgIpc) is 1.54. The number of carboxylic acids is 6. The normalized spacial score (nSPS) is 15.0. The Hall–Kier alpha value is -16.9. The fourth-order valence-electron chi connectivity index (χ4n) is 12.9. The number of furan rings is 6. The molecule has 2 aliphatic rings. The van der Waals surface area contributed by atoms with E-state index < -0.39 is 113 Å². The largest absolute Gasteiger partial charge is 0.481 e. The number of aliphatic carboxylic acids is 4. The fourth-order valence-corrected chi connectivity index (χ4v) is 12.9. The summed E-state index contributed by atoms with van der Waals surface area (Å²) in [7, 11) is 0. The van der Waals surface area contributed by atoms with Crippen molar-refractivity contribution in [2.75, 3.05) is 0 Å². The van der Waals surface area contributed by atoms with E-state index in [9.17, 15) is 77.3 Å². The molecule has 6 amide bonds. The molecule has 0 bridgehead atoms. The standard InChI is InChI=1S/C23H19NO8.C19H21NO4.C13H17NO4.2C13H11NO4.C11H15NO4.2CO2/c25-20(24-14-17-12-7-13-30-17)18(31-22(28)15-8-3-1-4-9-15)19(21(26)27)32-23(29)16-10-5-2-6-11-16;21-18(20-12-15-7-4-10-24-15)17-11-14(8-9-16(17)19(22)23)13-5-2-1-3-6-13;3*15-12(14-8-9-4-3-7-18-9)10-5-1-2-6-11(10)13(16)17;1-7(8(2)11(14)15)10(13)12-6-9-4-3-5-16-9;2*2-1-3/h1-13,18-19H,14H2,(H,24,25)(H,26,27);1-7,10,14,16-17H,8-9,11-12H2,(H,20,21)(H,22,23);3-4,7,10-11H,1-2,5-6,8H2,(H,14,15)(H,16,17);2*1-7H,8H2,(H,14,15)(H,16,17);3-5,7-8H,6H2,1-2H3,(H,12,13)(H,14,15);;/t;14-,16-,17+;10-,11+;;;;;/m.01...../s1. The summed E-state index contributed by atoms with van der Waals surface area (Å²) in [6, 6.07) is 58.1. The summed E-state index contributed by atoms with van der Waals surface area (Å²) in [4.78, 5) is 197. The van der Waals surface area contributed by atoms with E-state index in [2.05, 4.69) is 31.9 Å². The van der Waals surface area contributed by atoms with E-state index in [4.69, 9.17) is 75.6 Å². The summed E-state index contributed by atoms with van der Waals surface area (Å²) in [5.41, 5.74) is 1.57. The maximum absolute atomic E-state index is 12.8. The Morgan fingerprint density at radius 3 is 0.985 bits per heavy atom. The Kier molecular flexibility index (Phi) is 44.3. The van der Waals surface area contributed by atoms with Crippen LogP contribution in [0.2, 0.25) is 0 Å². The molecule has 5 aromatic carbocycles. The second kappa shape index (κ2) is 56.3. The first-order chi connectivity index (χ1) is 63.5. The second-order valence-corrected chi connectivity index (χ2v) is 28.5. The molecule has 6 heterocycles. The van der Waals surface area contributed by atoms with Crippen LogP contribution >= 0.6 is 0 Å². The molecule has 0 radical (unpaired) electrons. The van der Waals surface area contributed by atoms with Crippen LogP contribution in [0.5, 0.6) is 0 Å². The minimum atomic E-state index is -2.09. The van der Waals surface area contributed by atoms with Crippen molar-refractivity contribution in [1.29, 1.82) is 0 Å². The highest BCUT2D eigenvalue weighted by Gasteiger charge is 2.43. The van der Waals surface area contributed by atoms with Gasteiger partial charge in [-0.25, -0.2) is 24.0 Å². The van der Waals surface area contributed by atoms with Gasteiger partial charge in [0.15, 0.2) is 0 Å². The zero-order valence-electron chi connectivity index (χ0n) is 70.9. The van der Waals surface area contributed by atoms with Gasteiger partial charge in [-0.2, -0.15) is 19.2 Å². The van der Waals surface area contributed by atoms with Crippen molar-refractivity contribution < 1.29 is 153 Å². The van der Waals surface area contributed by atoms with Crippen molar-refractivity contribution in [3.05, 3.63) is 323 Å². The third-order valence-corrected chi connectivity index (χ3v) is 19.9. The van der Waals surface area contributed by atoms with E-state index in [0.29, 0.717) is 66.8 Å². The number of esters is 2. The summed E-state index contributed by atoms with van der Waals surface area (Å²) in [6.45, 7) is 4.33. The smallest absolute Gasteiger partial charge is 0.373 e. The maximum Gasteiger partial charge on any atom is 0.373 e. The van der Waals surface area contributed by atoms with Gasteiger partial charge in [0, 0.05) is 5.92 Å². The molecule has 2 aliphatic carbocycles. The number of carbonyl (C=O) groups excluding carboxylic acids is 12. The van der Waals surface area contributed by atoms with Crippen LogP contribution < -0.4 is 31.9 Å². The van der Waals surface area contributed by atoms with Gasteiger partial charge in [0.05, 0.1) is 140 Å². The summed E-state index contributed by atoms with van der Waals surface area (Å²) in [5.74, 6) is -10.7. The number of hydrogen-bond acceptors (Lipinski definition) is 26. The predicted molar refractivity (Wildman–Crippen MR) is 454 cm³/mol. The van der Waals surface area contributed by atoms with Crippen LogP contribution in [0.3, 0.4) is 0 Å². The van der Waals surface area contributed by atoms with E-state index in [1.807, 2.05) is 30.3 Å². The Bertz CT molecular complexity index is 5400. The zero-order chi connectivity index (χ0) is 96.3. The highest BCUT2D eigenvalue weighted by molar-refractivity contribution is 6.06. The van der Waals surface area contributed by atoms with Gasteiger partial charge in [-0.15, -0.1) is 0 Å². The van der Waals surface area contributed by atoms with Crippen molar-refractivity contribution in [2.45, 2.75) is 116 Å². The lowest BCUT2D eigenvalue weighted by atomic mass is 9.71. The second-order valence-electron chi connectivity index (χ2n) is 28.5. The monoisotopic (exact) mass is 1820 g/mol. The number of rotatable bonds is 31. The highest BCUT2D eigenvalue weighted by Crippen LogP contribution is 2.40. The van der Waals surface area contributed by atoms with Gasteiger partial charge >= 0.3 is 60.1 Å². The molecule has 6 aromatic heterocycles. The first kappa shape index (κ1) is 104. The topological polar surface area (TPSA) is 598 Å². The lowest BCUT2D eigenvalue weighted by Gasteiger charge is -2.33. The molecule has 13 rings (SSSR count). The van der Waals surface area contributed by atoms with Crippen LogP contribution in [0.25, 0.3) is 0 Å². The Labute approximate surface area is 752 Å². The van der Waals surface area contributed by atoms with Crippen LogP contribution in [0.1, 0.15) is 167 Å². The van der Waals surface area contributed by atoms with Crippen molar-refractivity contribution in [1.82, 2.24) is 31.9 Å². The molecule has 132 heavy (non-hydrogen) atoms. The maximum atomic E-state index is 12.8. The molecule has 4 unspecified atom stereocenters. The molecule has 12 N–H and O–H groups in total. The molecule has 11 aromatic rings. The van der Waals surface area contributed by atoms with Gasteiger partial charge in [-0.3, -0.25) is 43.2 Å². The lowest BCUT2D eigenvalue weighted by molar-refractivity contribution is -0.193. The lowest BCUT2D eigenvalue weighted by Crippen LogP contribution is -2.50. The summed E-state index contributed by atoms with van der Waals surface area (Å²) in [6.07, 6.45) is 10.4. The number of amides is 6. The van der Waals surface area contributed by atoms with E-state index in [0.717, 1.165) is 19.3 Å². The zero-order valence-corrected chi connectivity index (χ0v) is 70.9. The molecule has 0 saturated heterocycles. The van der Waals surface area contributed by atoms with Crippen molar-refractivity contribution in [3.63, 3.8) is 0 Å². The molecule has 692 valence electrons.